The summed E-state index contributed by atoms with van der Waals surface area (Å²) in [5.41, 5.74) is 2.30. The van der Waals surface area contributed by atoms with Crippen molar-refractivity contribution in [1.29, 1.82) is 0 Å². The molecule has 7 nitrogen and oxygen atoms in total. The van der Waals surface area contributed by atoms with Gasteiger partial charge in [-0.2, -0.15) is 0 Å². The zero-order valence-corrected chi connectivity index (χ0v) is 21.6. The van der Waals surface area contributed by atoms with Crippen molar-refractivity contribution in [2.75, 3.05) is 31.6 Å². The highest BCUT2D eigenvalue weighted by Gasteiger charge is 2.30. The summed E-state index contributed by atoms with van der Waals surface area (Å²) in [5.74, 6) is 0. The number of methoxy groups -OCH3 is 1. The largest absolute Gasteiger partial charge is 0.383 e. The average molecular weight is 505 g/mol. The molecule has 0 saturated heterocycles. The first kappa shape index (κ1) is 23.9. The third-order valence-corrected chi connectivity index (χ3v) is 9.61. The van der Waals surface area contributed by atoms with E-state index in [1.54, 1.807) is 36.0 Å². The Morgan fingerprint density at radius 2 is 2.03 bits per heavy atom. The second-order valence-electron chi connectivity index (χ2n) is 8.11. The lowest BCUT2D eigenvalue weighted by molar-refractivity contribution is 0.159. The number of aromatic nitrogens is 2. The van der Waals surface area contributed by atoms with Gasteiger partial charge in [-0.3, -0.25) is 9.21 Å². The summed E-state index contributed by atoms with van der Waals surface area (Å²) in [6, 6.07) is 10.9. The molecule has 3 heterocycles. The monoisotopic (exact) mass is 504 g/mol. The summed E-state index contributed by atoms with van der Waals surface area (Å²) < 4.78 is 33.9. The summed E-state index contributed by atoms with van der Waals surface area (Å²) in [6.07, 6.45) is 1.90. The number of thiophene rings is 1. The smallest absolute Gasteiger partial charge is 0.274 e. The van der Waals surface area contributed by atoms with Gasteiger partial charge in [0, 0.05) is 42.7 Å². The van der Waals surface area contributed by atoms with Crippen LogP contribution in [0.1, 0.15) is 18.7 Å². The number of benzene rings is 1. The van der Waals surface area contributed by atoms with Gasteiger partial charge in [-0.15, -0.1) is 22.7 Å². The molecule has 1 N–H and O–H groups in total. The van der Waals surface area contributed by atoms with Crippen LogP contribution in [-0.4, -0.2) is 56.6 Å². The Bertz CT molecular complexity index is 1310. The second-order valence-corrected chi connectivity index (χ2v) is 12.2. The zero-order chi connectivity index (χ0) is 23.6. The Hall–Kier alpha value is -2.24. The number of para-hydroxylation sites is 1. The van der Waals surface area contributed by atoms with Gasteiger partial charge >= 0.3 is 0 Å². The van der Waals surface area contributed by atoms with Crippen LogP contribution in [0.15, 0.2) is 52.2 Å². The summed E-state index contributed by atoms with van der Waals surface area (Å²) >= 11 is 2.86. The lowest BCUT2D eigenvalue weighted by Gasteiger charge is -2.28. The number of nitrogens with one attached hydrogen (secondary N) is 1. The number of anilines is 1. The highest BCUT2D eigenvalue weighted by atomic mass is 32.2. The van der Waals surface area contributed by atoms with Gasteiger partial charge in [0.25, 0.3) is 10.0 Å². The molecule has 0 saturated carbocycles. The Kier molecular flexibility index (Phi) is 7.20. The number of likely N-dealkylation sites (N-methyl/N-ethyl adjacent to an activating group) is 1. The third kappa shape index (κ3) is 4.99. The van der Waals surface area contributed by atoms with Gasteiger partial charge in [-0.05, 0) is 44.5 Å². The molecule has 0 atom stereocenters. The van der Waals surface area contributed by atoms with Crippen LogP contribution >= 0.6 is 22.7 Å². The predicted molar refractivity (Wildman–Crippen MR) is 137 cm³/mol. The maximum absolute atomic E-state index is 13.4. The molecule has 0 fully saturated rings. The highest BCUT2D eigenvalue weighted by molar-refractivity contribution is 7.94. The van der Waals surface area contributed by atoms with E-state index in [9.17, 15) is 8.42 Å². The van der Waals surface area contributed by atoms with Crippen LogP contribution in [0.25, 0.3) is 21.6 Å². The average Bonchev–Trinajstić information content (AvgIpc) is 3.52. The number of rotatable bonds is 10. The quantitative estimate of drug-likeness (QED) is 0.328. The maximum Gasteiger partial charge on any atom is 0.274 e. The van der Waals surface area contributed by atoms with Crippen molar-refractivity contribution >= 4 is 49.3 Å². The molecular weight excluding hydrogens is 476 g/mol. The van der Waals surface area contributed by atoms with Crippen molar-refractivity contribution in [3.05, 3.63) is 52.9 Å². The Morgan fingerprint density at radius 3 is 2.73 bits per heavy atom. The molecule has 0 spiro atoms. The molecule has 3 aromatic heterocycles. The fourth-order valence-electron chi connectivity index (χ4n) is 3.73. The van der Waals surface area contributed by atoms with Crippen LogP contribution in [0.4, 0.5) is 5.69 Å². The molecule has 0 bridgehead atoms. The molecule has 176 valence electrons. The van der Waals surface area contributed by atoms with Gasteiger partial charge in [-0.1, -0.05) is 18.2 Å². The van der Waals surface area contributed by atoms with Gasteiger partial charge in [0.2, 0.25) is 0 Å². The zero-order valence-electron chi connectivity index (χ0n) is 19.1. The van der Waals surface area contributed by atoms with Crippen LogP contribution < -0.4 is 4.31 Å². The lowest BCUT2D eigenvalue weighted by Crippen LogP contribution is -2.36. The molecule has 0 unspecified atom stereocenters. The minimum Gasteiger partial charge on any atom is -0.383 e. The number of aromatic amines is 1. The SMILES string of the molecule is COCCN(C)Cc1cnc(-c2cc3cccc(N(C(C)C)S(=O)(=O)c4cccs4)c3[nH]2)s1. The van der Waals surface area contributed by atoms with Crippen molar-refractivity contribution < 1.29 is 13.2 Å². The molecule has 0 aliphatic rings. The number of thiazole rings is 1. The molecule has 4 aromatic rings. The van der Waals surface area contributed by atoms with Crippen molar-refractivity contribution in [2.45, 2.75) is 30.6 Å². The fraction of sp³-hybridized carbons (Fsp3) is 0.348. The van der Waals surface area contributed by atoms with Gasteiger partial charge in [0.1, 0.15) is 9.22 Å². The summed E-state index contributed by atoms with van der Waals surface area (Å²) in [5, 5.41) is 3.61. The molecule has 10 heteroatoms. The number of ether oxygens (including phenoxy) is 1. The summed E-state index contributed by atoms with van der Waals surface area (Å²) in [4.78, 5) is 11.4. The van der Waals surface area contributed by atoms with Crippen LogP contribution in [0, 0.1) is 0 Å². The van der Waals surface area contributed by atoms with Crippen molar-refractivity contribution in [3.8, 4) is 10.7 Å². The van der Waals surface area contributed by atoms with E-state index in [4.69, 9.17) is 4.74 Å². The summed E-state index contributed by atoms with van der Waals surface area (Å²) in [6.45, 7) is 6.12. The predicted octanol–water partition coefficient (Wildman–Crippen LogP) is 5.03. The second kappa shape index (κ2) is 9.94. The van der Waals surface area contributed by atoms with Crippen molar-refractivity contribution in [3.63, 3.8) is 0 Å². The highest BCUT2D eigenvalue weighted by Crippen LogP contribution is 2.36. The van der Waals surface area contributed by atoms with Crippen molar-refractivity contribution in [1.82, 2.24) is 14.9 Å². The van der Waals surface area contributed by atoms with E-state index in [1.807, 2.05) is 44.3 Å². The molecule has 0 radical (unpaired) electrons. The molecule has 4 rings (SSSR count). The number of sulfonamides is 1. The lowest BCUT2D eigenvalue weighted by atomic mass is 10.2. The van der Waals surface area contributed by atoms with Gasteiger partial charge in [0.15, 0.2) is 0 Å². The Morgan fingerprint density at radius 1 is 1.21 bits per heavy atom. The van der Waals surface area contributed by atoms with Crippen molar-refractivity contribution in [2.24, 2.45) is 0 Å². The first-order chi connectivity index (χ1) is 15.8. The number of fused-ring (bicyclic) bond motifs is 1. The first-order valence-corrected chi connectivity index (χ1v) is 13.8. The van der Waals surface area contributed by atoms with Crippen LogP contribution in [0.2, 0.25) is 0 Å². The van der Waals surface area contributed by atoms with E-state index in [0.717, 1.165) is 39.6 Å². The molecular formula is C23H28N4O3S3. The normalized spacial score (nSPS) is 12.3. The van der Waals surface area contributed by atoms with Crippen LogP contribution in [-0.2, 0) is 21.3 Å². The van der Waals surface area contributed by atoms with E-state index < -0.39 is 10.0 Å². The minimum atomic E-state index is -3.67. The number of H-pyrrole nitrogens is 1. The first-order valence-electron chi connectivity index (χ1n) is 10.6. The van der Waals surface area contributed by atoms with E-state index >= 15 is 0 Å². The fourth-order valence-corrected chi connectivity index (χ4v) is 7.45. The maximum atomic E-state index is 13.4. The Balaban J connectivity index is 1.69. The molecule has 0 aliphatic heterocycles. The third-order valence-electron chi connectivity index (χ3n) is 5.24. The number of hydrogen-bond acceptors (Lipinski definition) is 7. The van der Waals surface area contributed by atoms with Crippen LogP contribution in [0.3, 0.4) is 0 Å². The van der Waals surface area contributed by atoms with Gasteiger partial charge in [0.05, 0.1) is 23.5 Å². The van der Waals surface area contributed by atoms with Crippen LogP contribution in [0.5, 0.6) is 0 Å². The van der Waals surface area contributed by atoms with E-state index in [0.29, 0.717) is 16.5 Å². The Labute approximate surface area is 202 Å². The minimum absolute atomic E-state index is 0.247. The van der Waals surface area contributed by atoms with Gasteiger partial charge in [-0.25, -0.2) is 13.4 Å². The van der Waals surface area contributed by atoms with Gasteiger partial charge < -0.3 is 9.72 Å². The molecule has 1 aromatic carbocycles. The van der Waals surface area contributed by atoms with E-state index in [2.05, 4.69) is 21.9 Å². The molecule has 33 heavy (non-hydrogen) atoms. The van der Waals surface area contributed by atoms with E-state index in [1.165, 1.54) is 15.6 Å². The topological polar surface area (TPSA) is 78.5 Å². The molecule has 0 aliphatic carbocycles. The summed E-state index contributed by atoms with van der Waals surface area (Å²) in [7, 11) is 0.0901. The molecule has 0 amide bonds. The number of hydrogen-bond donors (Lipinski definition) is 1. The number of nitrogens with zero attached hydrogens (tertiary/aromatic N) is 3. The van der Waals surface area contributed by atoms with E-state index in [-0.39, 0.29) is 6.04 Å². The standard InChI is InChI=1S/C23H28N4O3S3/c1-16(2)27(33(28,29)21-9-6-12-31-21)20-8-5-7-17-13-19(25-22(17)20)23-24-14-18(32-23)15-26(3)10-11-30-4/h5-9,12-14,16,25H,10-11,15H2,1-4H3.